The molecule has 1 fully saturated rings. The third kappa shape index (κ3) is 11.6. The number of benzene rings is 5. The van der Waals surface area contributed by atoms with Crippen LogP contribution in [0, 0.1) is 5.92 Å². The van der Waals surface area contributed by atoms with E-state index in [0.717, 1.165) is 81.8 Å². The summed E-state index contributed by atoms with van der Waals surface area (Å²) in [5, 5.41) is 66.3. The molecule has 2 aliphatic rings. The van der Waals surface area contributed by atoms with Crippen LogP contribution >= 0.6 is 21.6 Å². The molecule has 0 bridgehead atoms. The average molecular weight is 973 g/mol. The van der Waals surface area contributed by atoms with Gasteiger partial charge in [-0.05, 0) is 127 Å². The van der Waals surface area contributed by atoms with Crippen molar-refractivity contribution in [2.24, 2.45) is 5.92 Å². The van der Waals surface area contributed by atoms with Gasteiger partial charge in [-0.25, -0.2) is 0 Å². The summed E-state index contributed by atoms with van der Waals surface area (Å²) in [6.45, 7) is 4.28. The van der Waals surface area contributed by atoms with Crippen molar-refractivity contribution in [2.75, 3.05) is 33.2 Å². The van der Waals surface area contributed by atoms with E-state index >= 15 is 4.79 Å². The van der Waals surface area contributed by atoms with E-state index in [-0.39, 0.29) is 48.1 Å². The highest BCUT2D eigenvalue weighted by Crippen LogP contribution is 2.44. The van der Waals surface area contributed by atoms with Crippen molar-refractivity contribution < 1.29 is 39.8 Å². The number of hydrogen-bond donors (Lipinski definition) is 7. The lowest BCUT2D eigenvalue weighted by atomic mass is 9.79. The summed E-state index contributed by atoms with van der Waals surface area (Å²) in [7, 11) is 6.58. The van der Waals surface area contributed by atoms with Gasteiger partial charge in [0.1, 0.15) is 18.3 Å². The predicted octanol–water partition coefficient (Wildman–Crippen LogP) is 9.38. The fourth-order valence-corrected chi connectivity index (χ4v) is 13.2. The summed E-state index contributed by atoms with van der Waals surface area (Å²) in [4.78, 5) is 19.7. The number of aryl methyl sites for hydroxylation is 1. The molecule has 13 heteroatoms. The Labute approximate surface area is 413 Å². The number of phenols is 3. The predicted molar refractivity (Wildman–Crippen MR) is 277 cm³/mol. The van der Waals surface area contributed by atoms with Gasteiger partial charge in [-0.15, -0.1) is 0 Å². The van der Waals surface area contributed by atoms with Gasteiger partial charge in [0.2, 0.25) is 0 Å². The number of ether oxygens (including phenoxy) is 2. The molecule has 0 unspecified atom stereocenters. The number of phenolic OH excluding ortho intramolecular Hbond substituents is 3. The first-order valence-corrected chi connectivity index (χ1v) is 26.6. The third-order valence-electron chi connectivity index (χ3n) is 14.4. The number of β-amino-alcohol motifs (C(OH)–C–C–N with tert-alkyl or cyclic N) is 1. The van der Waals surface area contributed by atoms with Crippen LogP contribution in [0.3, 0.4) is 0 Å². The zero-order valence-corrected chi connectivity index (χ0v) is 41.7. The van der Waals surface area contributed by atoms with Crippen LogP contribution < -0.4 is 25.1 Å². The molecule has 1 aliphatic carbocycles. The summed E-state index contributed by atoms with van der Waals surface area (Å²) >= 11 is 0. The number of ketones is 1. The van der Waals surface area contributed by atoms with Gasteiger partial charge in [0.15, 0.2) is 23.0 Å². The Balaban J connectivity index is 1.17. The Morgan fingerprint density at radius 1 is 0.913 bits per heavy atom. The molecule has 0 amide bonds. The number of nitrogens with zero attached hydrogens (tertiary/aromatic N) is 1. The fourth-order valence-electron chi connectivity index (χ4n) is 10.6. The van der Waals surface area contributed by atoms with Crippen molar-refractivity contribution in [3.63, 3.8) is 0 Å². The lowest BCUT2D eigenvalue weighted by molar-refractivity contribution is -0.123. The van der Waals surface area contributed by atoms with Gasteiger partial charge in [0, 0.05) is 53.5 Å². The van der Waals surface area contributed by atoms with Crippen LogP contribution in [0.2, 0.25) is 0 Å². The highest BCUT2D eigenvalue weighted by molar-refractivity contribution is 8.76. The molecule has 1 saturated carbocycles. The maximum Gasteiger partial charge on any atom is 0.167 e. The number of methoxy groups -OCH3 is 1. The summed E-state index contributed by atoms with van der Waals surface area (Å²) in [5.41, 5.74) is 6.77. The Morgan fingerprint density at radius 2 is 1.68 bits per heavy atom. The molecule has 0 radical (unpaired) electrons. The van der Waals surface area contributed by atoms with Crippen molar-refractivity contribution >= 4 is 38.1 Å². The van der Waals surface area contributed by atoms with Crippen molar-refractivity contribution in [1.82, 2.24) is 15.6 Å². The minimum absolute atomic E-state index is 0.0243. The SMILES string of the molecule is CCc1ccc2ccccc2c1Cc1c(C[C@H](Cc2cc[n-]c2)[C@H](O)CC(=O)[C@H](Cc2ccc(O)c3c2CSSC[C@](C)(O)CNCO3)c2cc(O)cc(C3(NC)CCCC3)c2)ccc(O)c1OC. The normalized spacial score (nSPS) is 18.7. The number of aliphatic hydroxyl groups is 2. The van der Waals surface area contributed by atoms with Gasteiger partial charge in [-0.2, -0.15) is 12.4 Å². The van der Waals surface area contributed by atoms with Crippen LogP contribution in [-0.2, 0) is 48.2 Å². The summed E-state index contributed by atoms with van der Waals surface area (Å²) in [6.07, 6.45) is 8.44. The molecular weight excluding hydrogens is 907 g/mol. The number of carbonyl (C=O) groups is 1. The zero-order valence-electron chi connectivity index (χ0n) is 40.1. The van der Waals surface area contributed by atoms with Crippen LogP contribution in [-0.4, -0.2) is 76.2 Å². The van der Waals surface area contributed by atoms with Crippen molar-refractivity contribution in [1.29, 1.82) is 0 Å². The van der Waals surface area contributed by atoms with Crippen LogP contribution in [0.25, 0.3) is 10.8 Å². The molecule has 8 rings (SSSR count). The van der Waals surface area contributed by atoms with E-state index in [9.17, 15) is 25.5 Å². The summed E-state index contributed by atoms with van der Waals surface area (Å²) in [5.74, 6) is 0.230. The van der Waals surface area contributed by atoms with E-state index in [2.05, 4.69) is 46.8 Å². The number of rotatable bonds is 17. The van der Waals surface area contributed by atoms with Gasteiger partial charge >= 0.3 is 0 Å². The zero-order chi connectivity index (χ0) is 48.7. The molecule has 0 spiro atoms. The monoisotopic (exact) mass is 972 g/mol. The quantitative estimate of drug-likeness (QED) is 0.0431. The molecule has 1 aliphatic heterocycles. The van der Waals surface area contributed by atoms with Crippen LogP contribution in [0.4, 0.5) is 0 Å². The number of nitrogens with one attached hydrogen (secondary N) is 2. The number of carbonyl (C=O) groups excluding carboxylic acids is 1. The van der Waals surface area contributed by atoms with Crippen molar-refractivity contribution in [2.45, 2.75) is 107 Å². The summed E-state index contributed by atoms with van der Waals surface area (Å²) in [6, 6.07) is 27.1. The first-order chi connectivity index (χ1) is 33.3. The Hall–Kier alpha value is -5.15. The molecule has 0 saturated heterocycles. The van der Waals surface area contributed by atoms with E-state index in [1.54, 1.807) is 61.5 Å². The second kappa shape index (κ2) is 22.3. The first kappa shape index (κ1) is 50.2. The Bertz CT molecular complexity index is 2720. The van der Waals surface area contributed by atoms with E-state index in [1.165, 1.54) is 16.4 Å². The van der Waals surface area contributed by atoms with E-state index in [1.807, 2.05) is 43.4 Å². The molecule has 4 atom stereocenters. The molecule has 366 valence electrons. The minimum Gasteiger partial charge on any atom is -0.670 e. The maximum atomic E-state index is 15.4. The second-order valence-electron chi connectivity index (χ2n) is 19.2. The lowest BCUT2D eigenvalue weighted by Crippen LogP contribution is -2.41. The molecule has 69 heavy (non-hydrogen) atoms. The molecule has 6 aromatic rings. The molecule has 2 heterocycles. The van der Waals surface area contributed by atoms with E-state index in [0.29, 0.717) is 54.4 Å². The molecule has 7 N–H and O–H groups in total. The fraction of sp³-hybridized carbons (Fsp3) is 0.411. The number of hydrogen-bond acceptors (Lipinski definition) is 12. The topological polar surface area (TPSA) is 175 Å². The summed E-state index contributed by atoms with van der Waals surface area (Å²) < 4.78 is 12.1. The second-order valence-corrected chi connectivity index (χ2v) is 21.6. The van der Waals surface area contributed by atoms with E-state index < -0.39 is 23.5 Å². The number of aromatic hydroxyl groups is 3. The standard InChI is InChI=1S/C56H66N3O8S2/c1-5-36-12-13-37-10-6-7-11-44(37)45(36)28-47-38(14-16-49(61)53(47)66-4)23-41(22-35-18-21-58-30-35)51(63)29-52(64)46(40-24-42(27-43(60)25-40)56(57-3)19-8-9-20-56)26-39-15-17-50(62)54-48(39)31-68-69-33-55(2,65)32-59-34-67-54/h6-7,10-18,21,24-25,27,30,41,46,51,57,59-63,65H,5,8-9,19-20,22-23,26,28-29,31-34H2,1-4H3/q-1/t41-,46+,51+,55+/m0/s1. The van der Waals surface area contributed by atoms with Crippen molar-refractivity contribution in [3.8, 4) is 28.7 Å². The Morgan fingerprint density at radius 3 is 2.43 bits per heavy atom. The first-order valence-electron chi connectivity index (χ1n) is 24.1. The number of aromatic nitrogens is 1. The largest absolute Gasteiger partial charge is 0.670 e. The van der Waals surface area contributed by atoms with Crippen LogP contribution in [0.5, 0.6) is 28.7 Å². The number of Topliss-reactive ketones (excluding diaryl/α,β-unsaturated/α-hetero) is 1. The third-order valence-corrected chi connectivity index (χ3v) is 16.9. The molecule has 5 aromatic carbocycles. The van der Waals surface area contributed by atoms with Gasteiger partial charge in [-0.3, -0.25) is 10.1 Å². The van der Waals surface area contributed by atoms with Crippen LogP contribution in [0.1, 0.15) is 102 Å². The van der Waals surface area contributed by atoms with Crippen molar-refractivity contribution in [3.05, 3.63) is 147 Å². The smallest absolute Gasteiger partial charge is 0.167 e. The van der Waals surface area contributed by atoms with Gasteiger partial charge < -0.3 is 45.3 Å². The van der Waals surface area contributed by atoms with E-state index in [4.69, 9.17) is 9.47 Å². The average Bonchev–Trinajstić information content (AvgIpc) is 4.05. The lowest BCUT2D eigenvalue weighted by Gasteiger charge is -2.31. The molecular formula is C56H66N3O8S2-. The maximum absolute atomic E-state index is 15.4. The van der Waals surface area contributed by atoms with Gasteiger partial charge in [-0.1, -0.05) is 108 Å². The molecule has 1 aromatic heterocycles. The number of aliphatic hydroxyl groups excluding tert-OH is 1. The number of fused-ring (bicyclic) bond motifs is 2. The van der Waals surface area contributed by atoms with Crippen LogP contribution in [0.15, 0.2) is 97.3 Å². The molecule has 11 nitrogen and oxygen atoms in total. The minimum atomic E-state index is -1.10. The highest BCUT2D eigenvalue weighted by atomic mass is 33.1. The Kier molecular flexibility index (Phi) is 16.2. The van der Waals surface area contributed by atoms with Gasteiger partial charge in [0.05, 0.1) is 18.8 Å². The van der Waals surface area contributed by atoms with Gasteiger partial charge in [0.25, 0.3) is 0 Å². The highest BCUT2D eigenvalue weighted by Gasteiger charge is 2.37.